The van der Waals surface area contributed by atoms with E-state index in [1.807, 2.05) is 0 Å². The number of halogens is 4. The summed E-state index contributed by atoms with van der Waals surface area (Å²) in [6.07, 6.45) is 1.89. The highest BCUT2D eigenvalue weighted by molar-refractivity contribution is 7.92. The van der Waals surface area contributed by atoms with Gasteiger partial charge in [0.2, 0.25) is 9.84 Å². The first-order valence-corrected chi connectivity index (χ1v) is 8.80. The van der Waals surface area contributed by atoms with Crippen molar-refractivity contribution in [1.29, 1.82) is 0 Å². The van der Waals surface area contributed by atoms with E-state index in [0.717, 1.165) is 19.8 Å². The molecule has 1 unspecified atom stereocenters. The minimum atomic E-state index is -5.29. The molecular weight excluding hydrogens is 382 g/mol. The molecule has 12 heteroatoms. The molecule has 0 bridgehead atoms. The van der Waals surface area contributed by atoms with Gasteiger partial charge in [0.15, 0.2) is 5.60 Å². The molecule has 1 aromatic heterocycles. The number of rotatable bonds is 8. The third kappa shape index (κ3) is 3.57. The highest BCUT2D eigenvalue weighted by atomic mass is 32.2. The summed E-state index contributed by atoms with van der Waals surface area (Å²) in [5.74, 6) is -3.74. The normalized spacial score (nSPS) is 15.0. The van der Waals surface area contributed by atoms with Crippen molar-refractivity contribution in [2.75, 3.05) is 19.5 Å². The number of aromatic nitrogens is 3. The number of nitrogens with zero attached hydrogens (tertiary/aromatic N) is 3. The molecule has 1 N–H and O–H groups in total. The van der Waals surface area contributed by atoms with Gasteiger partial charge in [-0.15, -0.1) is 0 Å². The molecule has 7 nitrogen and oxygen atoms in total. The second-order valence-corrected chi connectivity index (χ2v) is 7.56. The zero-order chi connectivity index (χ0) is 19.6. The minimum Gasteiger partial charge on any atom is -0.384 e. The Bertz CT molecular complexity index is 861. The summed E-state index contributed by atoms with van der Waals surface area (Å²) >= 11 is 0. The maximum absolute atomic E-state index is 14.9. The Morgan fingerprint density at radius 2 is 2.00 bits per heavy atom. The predicted molar refractivity (Wildman–Crippen MR) is 80.9 cm³/mol. The molecule has 0 spiro atoms. The largest absolute Gasteiger partial charge is 0.384 e. The van der Waals surface area contributed by atoms with Gasteiger partial charge in [-0.3, -0.25) is 0 Å². The van der Waals surface area contributed by atoms with Crippen LogP contribution in [0.3, 0.4) is 0 Å². The van der Waals surface area contributed by atoms with Gasteiger partial charge in [0, 0.05) is 18.7 Å². The number of hydrogen-bond acceptors (Lipinski definition) is 6. The van der Waals surface area contributed by atoms with Gasteiger partial charge < -0.3 is 9.84 Å². The van der Waals surface area contributed by atoms with Crippen molar-refractivity contribution >= 4 is 9.84 Å². The van der Waals surface area contributed by atoms with Gasteiger partial charge in [-0.1, -0.05) is 0 Å². The molecule has 0 saturated heterocycles. The van der Waals surface area contributed by atoms with Crippen LogP contribution in [0.4, 0.5) is 17.6 Å². The molecule has 1 aromatic carbocycles. The van der Waals surface area contributed by atoms with Crippen molar-refractivity contribution < 1.29 is 35.8 Å². The first kappa shape index (κ1) is 20.3. The lowest BCUT2D eigenvalue weighted by atomic mass is 9.93. The molecule has 2 rings (SSSR count). The van der Waals surface area contributed by atoms with Crippen molar-refractivity contribution in [3.8, 4) is 0 Å². The highest BCUT2D eigenvalue weighted by Crippen LogP contribution is 2.44. The summed E-state index contributed by atoms with van der Waals surface area (Å²) in [5.41, 5.74) is -4.68. The maximum atomic E-state index is 14.9. The third-order valence-corrected chi connectivity index (χ3v) is 5.49. The SMILES string of the molecule is COCCS(=O)(=O)C(F)(F)C(O)(Cn1cncn1)c1ccc(F)cc1F. The number of methoxy groups -OCH3 is 1. The minimum absolute atomic E-state index is 0.263. The van der Waals surface area contributed by atoms with Crippen molar-refractivity contribution in [3.63, 3.8) is 0 Å². The number of benzene rings is 1. The molecule has 0 saturated carbocycles. The average molecular weight is 397 g/mol. The summed E-state index contributed by atoms with van der Waals surface area (Å²) in [7, 11) is -4.18. The van der Waals surface area contributed by atoms with E-state index in [2.05, 4.69) is 14.8 Å². The molecule has 0 aliphatic rings. The van der Waals surface area contributed by atoms with E-state index < -0.39 is 56.8 Å². The third-order valence-electron chi connectivity index (χ3n) is 3.66. The van der Waals surface area contributed by atoms with Gasteiger partial charge in [-0.2, -0.15) is 13.9 Å². The quantitative estimate of drug-likeness (QED) is 0.671. The molecule has 0 aliphatic carbocycles. The molecular formula is C14H15F4N3O4S. The second kappa shape index (κ2) is 7.29. The zero-order valence-electron chi connectivity index (χ0n) is 13.4. The van der Waals surface area contributed by atoms with Crippen LogP contribution in [0.1, 0.15) is 5.56 Å². The molecule has 2 aromatic rings. The molecule has 1 atom stereocenters. The number of sulfone groups is 1. The average Bonchev–Trinajstić information content (AvgIpc) is 3.05. The standard InChI is InChI=1S/C14H15F4N3O4S/c1-25-4-5-26(23,24)14(17,18)13(22,7-21-9-19-8-20-21)11-3-2-10(15)6-12(11)16/h2-3,6,8-9,22H,4-5,7H2,1H3. The molecule has 0 radical (unpaired) electrons. The van der Waals surface area contributed by atoms with E-state index in [9.17, 15) is 31.1 Å². The number of ether oxygens (including phenoxy) is 1. The Kier molecular flexibility index (Phi) is 5.68. The molecule has 0 fully saturated rings. The Morgan fingerprint density at radius 3 is 2.54 bits per heavy atom. The Labute approximate surface area is 146 Å². The van der Waals surface area contributed by atoms with E-state index >= 15 is 0 Å². The lowest BCUT2D eigenvalue weighted by Crippen LogP contribution is -2.54. The van der Waals surface area contributed by atoms with Gasteiger partial charge in [0.25, 0.3) is 0 Å². The van der Waals surface area contributed by atoms with Crippen LogP contribution in [-0.4, -0.2) is 53.0 Å². The summed E-state index contributed by atoms with van der Waals surface area (Å²) in [6, 6.07) is 1.45. The summed E-state index contributed by atoms with van der Waals surface area (Å²) < 4.78 is 86.5. The fourth-order valence-electron chi connectivity index (χ4n) is 2.29. The van der Waals surface area contributed by atoms with Crippen LogP contribution in [-0.2, 0) is 26.7 Å². The van der Waals surface area contributed by atoms with Crippen LogP contribution in [0.25, 0.3) is 0 Å². The number of aliphatic hydroxyl groups is 1. The van der Waals surface area contributed by atoms with Crippen LogP contribution in [0, 0.1) is 11.6 Å². The summed E-state index contributed by atoms with van der Waals surface area (Å²) in [4.78, 5) is 3.50. The molecule has 0 aliphatic heterocycles. The monoisotopic (exact) mass is 397 g/mol. The molecule has 0 amide bonds. The molecule has 1 heterocycles. The van der Waals surface area contributed by atoms with Crippen molar-refractivity contribution in [2.24, 2.45) is 0 Å². The summed E-state index contributed by atoms with van der Waals surface area (Å²) in [6.45, 7) is -1.71. The van der Waals surface area contributed by atoms with Gasteiger partial charge in [-0.05, 0) is 12.1 Å². The van der Waals surface area contributed by atoms with Crippen LogP contribution < -0.4 is 0 Å². The Hall–Kier alpha value is -2.05. The van der Waals surface area contributed by atoms with Crippen molar-refractivity contribution in [1.82, 2.24) is 14.8 Å². The van der Waals surface area contributed by atoms with E-state index in [0.29, 0.717) is 16.8 Å². The molecule has 26 heavy (non-hydrogen) atoms. The van der Waals surface area contributed by atoms with Crippen LogP contribution in [0.15, 0.2) is 30.9 Å². The summed E-state index contributed by atoms with van der Waals surface area (Å²) in [5, 5.41) is 9.35. The first-order valence-electron chi connectivity index (χ1n) is 7.14. The smallest absolute Gasteiger partial charge is 0.379 e. The van der Waals surface area contributed by atoms with Crippen molar-refractivity contribution in [3.05, 3.63) is 48.1 Å². The first-order chi connectivity index (χ1) is 12.0. The topological polar surface area (TPSA) is 94.3 Å². The van der Waals surface area contributed by atoms with Gasteiger partial charge >= 0.3 is 5.25 Å². The Morgan fingerprint density at radius 1 is 1.31 bits per heavy atom. The van der Waals surface area contributed by atoms with Crippen LogP contribution >= 0.6 is 0 Å². The highest BCUT2D eigenvalue weighted by Gasteiger charge is 2.63. The number of alkyl halides is 2. The van der Waals surface area contributed by atoms with Gasteiger partial charge in [0.05, 0.1) is 18.9 Å². The number of hydrogen-bond donors (Lipinski definition) is 1. The van der Waals surface area contributed by atoms with E-state index in [1.54, 1.807) is 0 Å². The van der Waals surface area contributed by atoms with Crippen LogP contribution in [0.5, 0.6) is 0 Å². The van der Waals surface area contributed by atoms with E-state index in [4.69, 9.17) is 0 Å². The van der Waals surface area contributed by atoms with E-state index in [1.165, 1.54) is 0 Å². The van der Waals surface area contributed by atoms with Gasteiger partial charge in [0.1, 0.15) is 24.3 Å². The predicted octanol–water partition coefficient (Wildman–Crippen LogP) is 1.10. The molecule has 144 valence electrons. The fourth-order valence-corrected chi connectivity index (χ4v) is 3.62. The van der Waals surface area contributed by atoms with Gasteiger partial charge in [-0.25, -0.2) is 26.9 Å². The second-order valence-electron chi connectivity index (χ2n) is 5.41. The lowest BCUT2D eigenvalue weighted by molar-refractivity contribution is -0.145. The van der Waals surface area contributed by atoms with Crippen LogP contribution in [0.2, 0.25) is 0 Å². The maximum Gasteiger partial charge on any atom is 0.379 e. The zero-order valence-corrected chi connectivity index (χ0v) is 14.3. The lowest BCUT2D eigenvalue weighted by Gasteiger charge is -2.35. The Balaban J connectivity index is 2.63. The van der Waals surface area contributed by atoms with E-state index in [-0.39, 0.29) is 6.07 Å². The van der Waals surface area contributed by atoms with Crippen molar-refractivity contribution in [2.45, 2.75) is 17.4 Å². The fraction of sp³-hybridized carbons (Fsp3) is 0.429.